The van der Waals surface area contributed by atoms with Crippen molar-refractivity contribution in [2.75, 3.05) is 0 Å². The molecule has 3 rings (SSSR count). The van der Waals surface area contributed by atoms with E-state index in [-0.39, 0.29) is 5.69 Å². The summed E-state index contributed by atoms with van der Waals surface area (Å²) in [7, 11) is 0. The molecule has 0 radical (unpaired) electrons. The molecule has 0 aliphatic rings. The number of hydrogen-bond donors (Lipinski definition) is 0. The molecule has 3 aromatic rings. The molecule has 0 saturated carbocycles. The first-order valence-electron chi connectivity index (χ1n) is 6.68. The molecule has 2 heterocycles. The van der Waals surface area contributed by atoms with Crippen molar-refractivity contribution in [3.8, 4) is 11.3 Å². The summed E-state index contributed by atoms with van der Waals surface area (Å²) in [6.07, 6.45) is 0. The first kappa shape index (κ1) is 13.7. The molecule has 0 fully saturated rings. The predicted molar refractivity (Wildman–Crippen MR) is 84.6 cm³/mol. The molecule has 0 aliphatic heterocycles. The van der Waals surface area contributed by atoms with Gasteiger partial charge in [0.1, 0.15) is 5.01 Å². The second kappa shape index (κ2) is 5.61. The van der Waals surface area contributed by atoms with Gasteiger partial charge in [-0.3, -0.25) is 4.57 Å². The SMILES string of the molecule is Cc1cc(C)n(Cc2nc(-c3ccccc3)cs2)c(=O)n1. The Kier molecular flexibility index (Phi) is 3.66. The maximum Gasteiger partial charge on any atom is 0.348 e. The maximum absolute atomic E-state index is 12.0. The first-order valence-corrected chi connectivity index (χ1v) is 7.56. The molecule has 0 spiro atoms. The van der Waals surface area contributed by atoms with Gasteiger partial charge in [-0.2, -0.15) is 4.98 Å². The molecule has 0 atom stereocenters. The van der Waals surface area contributed by atoms with Gasteiger partial charge in [-0.1, -0.05) is 30.3 Å². The molecule has 5 heteroatoms. The second-order valence-corrected chi connectivity index (χ2v) is 5.84. The zero-order valence-corrected chi connectivity index (χ0v) is 12.7. The summed E-state index contributed by atoms with van der Waals surface area (Å²) in [6.45, 7) is 4.22. The fourth-order valence-corrected chi connectivity index (χ4v) is 3.02. The van der Waals surface area contributed by atoms with Crippen LogP contribution in [0.1, 0.15) is 16.4 Å². The summed E-state index contributed by atoms with van der Waals surface area (Å²) in [5.74, 6) is 0. The topological polar surface area (TPSA) is 47.8 Å². The first-order chi connectivity index (χ1) is 10.1. The minimum Gasteiger partial charge on any atom is -0.290 e. The van der Waals surface area contributed by atoms with Crippen LogP contribution in [0.25, 0.3) is 11.3 Å². The third-order valence-electron chi connectivity index (χ3n) is 3.26. The van der Waals surface area contributed by atoms with E-state index in [1.165, 1.54) is 0 Å². The lowest BCUT2D eigenvalue weighted by Gasteiger charge is -2.07. The van der Waals surface area contributed by atoms with Crippen LogP contribution in [0.15, 0.2) is 46.6 Å². The highest BCUT2D eigenvalue weighted by Crippen LogP contribution is 2.22. The van der Waals surface area contributed by atoms with Crippen LogP contribution in [-0.2, 0) is 6.54 Å². The lowest BCUT2D eigenvalue weighted by atomic mass is 10.2. The highest BCUT2D eigenvalue weighted by molar-refractivity contribution is 7.09. The minimum absolute atomic E-state index is 0.219. The van der Waals surface area contributed by atoms with E-state index in [4.69, 9.17) is 0 Å². The van der Waals surface area contributed by atoms with Crippen molar-refractivity contribution in [2.24, 2.45) is 0 Å². The van der Waals surface area contributed by atoms with Crippen molar-refractivity contribution in [3.05, 3.63) is 68.7 Å². The standard InChI is InChI=1S/C16H15N3OS/c1-11-8-12(2)19(16(20)17-11)9-15-18-14(10-21-15)13-6-4-3-5-7-13/h3-8,10H,9H2,1-2H3. The van der Waals surface area contributed by atoms with Crippen molar-refractivity contribution >= 4 is 11.3 Å². The Balaban J connectivity index is 1.91. The summed E-state index contributed by atoms with van der Waals surface area (Å²) < 4.78 is 1.65. The van der Waals surface area contributed by atoms with Crippen molar-refractivity contribution < 1.29 is 0 Å². The summed E-state index contributed by atoms with van der Waals surface area (Å²) >= 11 is 1.56. The van der Waals surface area contributed by atoms with E-state index in [0.29, 0.717) is 6.54 Å². The van der Waals surface area contributed by atoms with Crippen LogP contribution in [0.2, 0.25) is 0 Å². The highest BCUT2D eigenvalue weighted by Gasteiger charge is 2.08. The number of nitrogens with zero attached hydrogens (tertiary/aromatic N) is 3. The van der Waals surface area contributed by atoms with Gasteiger partial charge in [0.25, 0.3) is 0 Å². The van der Waals surface area contributed by atoms with Gasteiger partial charge in [0.05, 0.1) is 12.2 Å². The van der Waals surface area contributed by atoms with Gasteiger partial charge in [0, 0.05) is 22.3 Å². The number of aryl methyl sites for hydroxylation is 2. The van der Waals surface area contributed by atoms with Crippen LogP contribution in [-0.4, -0.2) is 14.5 Å². The molecule has 4 nitrogen and oxygen atoms in total. The molecular weight excluding hydrogens is 282 g/mol. The minimum atomic E-state index is -0.219. The maximum atomic E-state index is 12.0. The molecule has 0 unspecified atom stereocenters. The van der Waals surface area contributed by atoms with Crippen LogP contribution in [0.5, 0.6) is 0 Å². The molecule has 0 amide bonds. The summed E-state index contributed by atoms with van der Waals surface area (Å²) in [6, 6.07) is 11.9. The van der Waals surface area contributed by atoms with E-state index in [0.717, 1.165) is 27.7 Å². The average Bonchev–Trinajstić information content (AvgIpc) is 2.92. The Morgan fingerprint density at radius 3 is 2.62 bits per heavy atom. The van der Waals surface area contributed by atoms with Gasteiger partial charge in [-0.15, -0.1) is 11.3 Å². The van der Waals surface area contributed by atoms with E-state index in [1.807, 2.05) is 55.6 Å². The van der Waals surface area contributed by atoms with Crippen LogP contribution in [0.3, 0.4) is 0 Å². The van der Waals surface area contributed by atoms with Crippen LogP contribution >= 0.6 is 11.3 Å². The molecule has 0 N–H and O–H groups in total. The van der Waals surface area contributed by atoms with E-state index in [2.05, 4.69) is 9.97 Å². The molecule has 0 aliphatic carbocycles. The Labute approximate surface area is 126 Å². The van der Waals surface area contributed by atoms with Crippen LogP contribution in [0.4, 0.5) is 0 Å². The quantitative estimate of drug-likeness (QED) is 0.746. The summed E-state index contributed by atoms with van der Waals surface area (Å²) in [5.41, 5.74) is 3.47. The second-order valence-electron chi connectivity index (χ2n) is 4.90. The predicted octanol–water partition coefficient (Wildman–Crippen LogP) is 3.03. The van der Waals surface area contributed by atoms with Crippen molar-refractivity contribution in [1.29, 1.82) is 0 Å². The van der Waals surface area contributed by atoms with Gasteiger partial charge in [-0.05, 0) is 19.9 Å². The summed E-state index contributed by atoms with van der Waals surface area (Å²) in [4.78, 5) is 20.6. The van der Waals surface area contributed by atoms with E-state index in [1.54, 1.807) is 15.9 Å². The molecule has 21 heavy (non-hydrogen) atoms. The van der Waals surface area contributed by atoms with E-state index >= 15 is 0 Å². The van der Waals surface area contributed by atoms with Gasteiger partial charge >= 0.3 is 5.69 Å². The van der Waals surface area contributed by atoms with Gasteiger partial charge < -0.3 is 0 Å². The van der Waals surface area contributed by atoms with Crippen molar-refractivity contribution in [3.63, 3.8) is 0 Å². The molecule has 0 bridgehead atoms. The highest BCUT2D eigenvalue weighted by atomic mass is 32.1. The third kappa shape index (κ3) is 2.92. The van der Waals surface area contributed by atoms with Crippen molar-refractivity contribution in [1.82, 2.24) is 14.5 Å². The zero-order chi connectivity index (χ0) is 14.8. The largest absolute Gasteiger partial charge is 0.348 e. The number of aromatic nitrogens is 3. The number of benzene rings is 1. The Morgan fingerprint density at radius 2 is 1.90 bits per heavy atom. The van der Waals surface area contributed by atoms with Gasteiger partial charge in [0.15, 0.2) is 0 Å². The number of hydrogen-bond acceptors (Lipinski definition) is 4. The van der Waals surface area contributed by atoms with Crippen LogP contribution in [0, 0.1) is 13.8 Å². The number of rotatable bonds is 3. The third-order valence-corrected chi connectivity index (χ3v) is 4.09. The van der Waals surface area contributed by atoms with Crippen LogP contribution < -0.4 is 5.69 Å². The Morgan fingerprint density at radius 1 is 1.14 bits per heavy atom. The Bertz CT molecular complexity index is 821. The smallest absolute Gasteiger partial charge is 0.290 e. The molecule has 106 valence electrons. The molecule has 1 aromatic carbocycles. The fourth-order valence-electron chi connectivity index (χ4n) is 2.23. The fraction of sp³-hybridized carbons (Fsp3) is 0.188. The molecule has 0 saturated heterocycles. The van der Waals surface area contributed by atoms with Gasteiger partial charge in [-0.25, -0.2) is 9.78 Å². The lowest BCUT2D eigenvalue weighted by molar-refractivity contribution is 0.691. The summed E-state index contributed by atoms with van der Waals surface area (Å²) in [5, 5.41) is 2.93. The number of thiazole rings is 1. The normalized spacial score (nSPS) is 10.8. The van der Waals surface area contributed by atoms with E-state index in [9.17, 15) is 4.79 Å². The van der Waals surface area contributed by atoms with Gasteiger partial charge in [0.2, 0.25) is 0 Å². The van der Waals surface area contributed by atoms with E-state index < -0.39 is 0 Å². The zero-order valence-electron chi connectivity index (χ0n) is 11.9. The molecule has 2 aromatic heterocycles. The van der Waals surface area contributed by atoms with Crippen molar-refractivity contribution in [2.45, 2.75) is 20.4 Å². The lowest BCUT2D eigenvalue weighted by Crippen LogP contribution is -2.26. The molecular formula is C16H15N3OS. The average molecular weight is 297 g/mol. The Hall–Kier alpha value is -2.27. The monoisotopic (exact) mass is 297 g/mol.